The van der Waals surface area contributed by atoms with Gasteiger partial charge in [0.25, 0.3) is 5.97 Å². The summed E-state index contributed by atoms with van der Waals surface area (Å²) in [6.07, 6.45) is 2.21. The maximum Gasteiger partial charge on any atom is 0.378 e. The van der Waals surface area contributed by atoms with Crippen LogP contribution in [0.3, 0.4) is 0 Å². The molecule has 6 heteroatoms. The lowest BCUT2D eigenvalue weighted by Gasteiger charge is -2.16. The molecular formula is C18H20BNO4. The minimum Gasteiger partial charge on any atom is -0.543 e. The molecule has 0 aliphatic heterocycles. The van der Waals surface area contributed by atoms with Crippen LogP contribution in [-0.4, -0.2) is 24.8 Å². The SMILES string of the molecule is [B]OC(=O)C(CC(=O)c1ccc(-c2coc(C)n2)cc1)CC(C)C. The highest BCUT2D eigenvalue weighted by Crippen LogP contribution is 2.22. The van der Waals surface area contributed by atoms with Crippen LogP contribution in [0.2, 0.25) is 0 Å². The van der Waals surface area contributed by atoms with Crippen molar-refractivity contribution in [2.75, 3.05) is 0 Å². The van der Waals surface area contributed by atoms with Crippen molar-refractivity contribution in [3.63, 3.8) is 0 Å². The molecule has 24 heavy (non-hydrogen) atoms. The number of Topliss-reactive ketones (excluding diaryl/α,β-unsaturated/α-hetero) is 1. The van der Waals surface area contributed by atoms with Crippen LogP contribution in [0, 0.1) is 18.8 Å². The number of carbonyl (C=O) groups excluding carboxylic acids is 2. The fourth-order valence-electron chi connectivity index (χ4n) is 2.59. The molecule has 0 spiro atoms. The summed E-state index contributed by atoms with van der Waals surface area (Å²) in [5.74, 6) is -0.345. The summed E-state index contributed by atoms with van der Waals surface area (Å²) in [5.41, 5.74) is 2.12. The van der Waals surface area contributed by atoms with E-state index in [0.717, 1.165) is 11.3 Å². The first-order chi connectivity index (χ1) is 11.4. The van der Waals surface area contributed by atoms with Crippen molar-refractivity contribution in [3.05, 3.63) is 42.0 Å². The van der Waals surface area contributed by atoms with Gasteiger partial charge in [-0.25, -0.2) is 4.98 Å². The van der Waals surface area contributed by atoms with Crippen molar-refractivity contribution < 1.29 is 18.7 Å². The van der Waals surface area contributed by atoms with E-state index < -0.39 is 11.9 Å². The third-order valence-electron chi connectivity index (χ3n) is 3.76. The molecule has 2 radical (unpaired) electrons. The number of hydrogen-bond donors (Lipinski definition) is 0. The molecule has 0 amide bonds. The lowest BCUT2D eigenvalue weighted by molar-refractivity contribution is -0.139. The number of hydrogen-bond acceptors (Lipinski definition) is 5. The van der Waals surface area contributed by atoms with Crippen molar-refractivity contribution in [2.24, 2.45) is 11.8 Å². The zero-order chi connectivity index (χ0) is 17.7. The Morgan fingerprint density at radius 1 is 1.25 bits per heavy atom. The maximum atomic E-state index is 12.4. The lowest BCUT2D eigenvalue weighted by atomic mass is 9.90. The highest BCUT2D eigenvalue weighted by atomic mass is 16.5. The Balaban J connectivity index is 2.09. The smallest absolute Gasteiger partial charge is 0.378 e. The average Bonchev–Trinajstić information content (AvgIpc) is 2.99. The van der Waals surface area contributed by atoms with Gasteiger partial charge in [-0.3, -0.25) is 9.59 Å². The van der Waals surface area contributed by atoms with E-state index in [1.807, 2.05) is 26.0 Å². The first-order valence-electron chi connectivity index (χ1n) is 7.87. The molecule has 5 nitrogen and oxygen atoms in total. The average molecular weight is 325 g/mol. The predicted octanol–water partition coefficient (Wildman–Crippen LogP) is 3.51. The molecule has 1 atom stereocenters. The minimum absolute atomic E-state index is 0.0800. The van der Waals surface area contributed by atoms with Gasteiger partial charge < -0.3 is 9.07 Å². The number of benzene rings is 1. The monoisotopic (exact) mass is 325 g/mol. The van der Waals surface area contributed by atoms with E-state index in [9.17, 15) is 9.59 Å². The fourth-order valence-corrected chi connectivity index (χ4v) is 2.59. The van der Waals surface area contributed by atoms with Crippen LogP contribution in [0.25, 0.3) is 11.3 Å². The summed E-state index contributed by atoms with van der Waals surface area (Å²) in [7, 11) is 4.97. The molecule has 1 aromatic heterocycles. The molecule has 0 N–H and O–H groups in total. The molecule has 0 fully saturated rings. The third kappa shape index (κ3) is 4.57. The van der Waals surface area contributed by atoms with Gasteiger partial charge in [-0.2, -0.15) is 0 Å². The lowest BCUT2D eigenvalue weighted by Crippen LogP contribution is -2.22. The van der Waals surface area contributed by atoms with Gasteiger partial charge in [-0.15, -0.1) is 0 Å². The summed E-state index contributed by atoms with van der Waals surface area (Å²) in [6, 6.07) is 7.07. The number of rotatable bonds is 7. The number of ketones is 1. The molecule has 0 saturated carbocycles. The van der Waals surface area contributed by atoms with E-state index in [2.05, 4.69) is 9.64 Å². The van der Waals surface area contributed by atoms with Crippen LogP contribution in [0.1, 0.15) is 42.9 Å². The quantitative estimate of drug-likeness (QED) is 0.575. The largest absolute Gasteiger partial charge is 0.543 e. The summed E-state index contributed by atoms with van der Waals surface area (Å²) in [5, 5.41) is 0. The maximum absolute atomic E-state index is 12.4. The second-order valence-corrected chi connectivity index (χ2v) is 6.22. The highest BCUT2D eigenvalue weighted by Gasteiger charge is 2.24. The van der Waals surface area contributed by atoms with Gasteiger partial charge in [0.15, 0.2) is 11.7 Å². The van der Waals surface area contributed by atoms with Gasteiger partial charge in [-0.1, -0.05) is 38.1 Å². The Labute approximate surface area is 142 Å². The van der Waals surface area contributed by atoms with Crippen LogP contribution in [-0.2, 0) is 9.45 Å². The highest BCUT2D eigenvalue weighted by molar-refractivity contribution is 6.06. The van der Waals surface area contributed by atoms with Crippen molar-refractivity contribution >= 4 is 19.8 Å². The van der Waals surface area contributed by atoms with E-state index in [4.69, 9.17) is 12.5 Å². The first kappa shape index (κ1) is 18.0. The van der Waals surface area contributed by atoms with Crippen molar-refractivity contribution in [3.8, 4) is 11.3 Å². The number of aryl methyl sites for hydroxylation is 1. The van der Waals surface area contributed by atoms with Crippen molar-refractivity contribution in [1.82, 2.24) is 4.98 Å². The second kappa shape index (κ2) is 7.95. The normalized spacial score (nSPS) is 12.2. The van der Waals surface area contributed by atoms with Crippen LogP contribution in [0.15, 0.2) is 34.9 Å². The number of oxazole rings is 1. The van der Waals surface area contributed by atoms with Gasteiger partial charge >= 0.3 is 8.05 Å². The molecule has 1 heterocycles. The Bertz CT molecular complexity index is 706. The fraction of sp³-hybridized carbons (Fsp3) is 0.389. The zero-order valence-electron chi connectivity index (χ0n) is 14.1. The molecule has 0 saturated heterocycles. The molecule has 2 aromatic rings. The van der Waals surface area contributed by atoms with Gasteiger partial charge in [-0.05, 0) is 12.3 Å². The molecule has 0 aliphatic rings. The van der Waals surface area contributed by atoms with E-state index in [1.54, 1.807) is 25.3 Å². The standard InChI is InChI=1S/C18H20BNO4/c1-11(2)8-15(18(22)24-19)9-17(21)14-6-4-13(5-7-14)16-10-23-12(3)20-16/h4-7,10-11,15H,8-9H2,1-3H3. The van der Waals surface area contributed by atoms with Crippen molar-refractivity contribution in [2.45, 2.75) is 33.6 Å². The number of aromatic nitrogens is 1. The first-order valence-corrected chi connectivity index (χ1v) is 7.87. The van der Waals surface area contributed by atoms with E-state index in [1.165, 1.54) is 0 Å². The molecule has 0 aliphatic carbocycles. The molecule has 1 aromatic carbocycles. The van der Waals surface area contributed by atoms with Crippen LogP contribution in [0.4, 0.5) is 0 Å². The summed E-state index contributed by atoms with van der Waals surface area (Å²) in [4.78, 5) is 28.4. The van der Waals surface area contributed by atoms with E-state index in [0.29, 0.717) is 17.9 Å². The van der Waals surface area contributed by atoms with E-state index >= 15 is 0 Å². The van der Waals surface area contributed by atoms with Crippen LogP contribution < -0.4 is 0 Å². The topological polar surface area (TPSA) is 69.4 Å². The summed E-state index contributed by atoms with van der Waals surface area (Å²) < 4.78 is 9.50. The Kier molecular flexibility index (Phi) is 5.96. The third-order valence-corrected chi connectivity index (χ3v) is 3.76. The Morgan fingerprint density at radius 3 is 2.42 bits per heavy atom. The molecule has 124 valence electrons. The zero-order valence-corrected chi connectivity index (χ0v) is 14.1. The van der Waals surface area contributed by atoms with Gasteiger partial charge in [0.2, 0.25) is 0 Å². The minimum atomic E-state index is -0.549. The van der Waals surface area contributed by atoms with Crippen LogP contribution >= 0.6 is 0 Å². The molecular weight excluding hydrogens is 305 g/mol. The van der Waals surface area contributed by atoms with Gasteiger partial charge in [0.05, 0.1) is 5.92 Å². The molecule has 2 rings (SSSR count). The van der Waals surface area contributed by atoms with Crippen molar-refractivity contribution in [1.29, 1.82) is 0 Å². The van der Waals surface area contributed by atoms with Gasteiger partial charge in [0, 0.05) is 24.5 Å². The Morgan fingerprint density at radius 2 is 1.92 bits per heavy atom. The van der Waals surface area contributed by atoms with Gasteiger partial charge in [0.1, 0.15) is 12.0 Å². The van der Waals surface area contributed by atoms with E-state index in [-0.39, 0.29) is 18.1 Å². The number of carbonyl (C=O) groups is 2. The number of nitrogens with zero attached hydrogens (tertiary/aromatic N) is 1. The van der Waals surface area contributed by atoms with Crippen LogP contribution in [0.5, 0.6) is 0 Å². The predicted molar refractivity (Wildman–Crippen MR) is 90.4 cm³/mol. The molecule has 0 bridgehead atoms. The summed E-state index contributed by atoms with van der Waals surface area (Å²) >= 11 is 0. The Hall–Kier alpha value is -2.37. The second-order valence-electron chi connectivity index (χ2n) is 6.22. The molecule has 1 unspecified atom stereocenters. The summed E-state index contributed by atoms with van der Waals surface area (Å²) in [6.45, 7) is 5.73.